The van der Waals surface area contributed by atoms with Crippen molar-refractivity contribution < 1.29 is 0 Å². The van der Waals surface area contributed by atoms with E-state index in [1.165, 1.54) is 11.5 Å². The summed E-state index contributed by atoms with van der Waals surface area (Å²) in [6, 6.07) is 4.08. The highest BCUT2D eigenvalue weighted by Crippen LogP contribution is 2.19. The number of hydrogen-bond donors (Lipinski definition) is 1. The topological polar surface area (TPSA) is 61.6 Å². The highest BCUT2D eigenvalue weighted by atomic mass is 32.2. The Kier molecular flexibility index (Phi) is 3.41. The zero-order valence-corrected chi connectivity index (χ0v) is 9.13. The Morgan fingerprint density at radius 3 is 3.00 bits per heavy atom. The van der Waals surface area contributed by atoms with Crippen LogP contribution >= 0.6 is 11.8 Å². The van der Waals surface area contributed by atoms with E-state index in [1.54, 1.807) is 12.3 Å². The van der Waals surface area contributed by atoms with Gasteiger partial charge in [-0.15, -0.1) is 0 Å². The van der Waals surface area contributed by atoms with E-state index in [-0.39, 0.29) is 0 Å². The summed E-state index contributed by atoms with van der Waals surface area (Å²) >= 11 is 1.98. The fraction of sp³-hybridized carbons (Fsp3) is 0.500. The van der Waals surface area contributed by atoms with Crippen LogP contribution in [0, 0.1) is 11.3 Å². The first-order valence-corrected chi connectivity index (χ1v) is 6.11. The minimum absolute atomic E-state index is 0.415. The van der Waals surface area contributed by atoms with Crippen LogP contribution in [0.2, 0.25) is 0 Å². The van der Waals surface area contributed by atoms with Crippen LogP contribution < -0.4 is 5.32 Å². The van der Waals surface area contributed by atoms with Crippen molar-refractivity contribution in [2.75, 3.05) is 16.8 Å². The predicted molar refractivity (Wildman–Crippen MR) is 60.7 cm³/mol. The van der Waals surface area contributed by atoms with E-state index in [1.807, 2.05) is 17.8 Å². The second-order valence-electron chi connectivity index (χ2n) is 3.41. The van der Waals surface area contributed by atoms with Crippen LogP contribution in [-0.2, 0) is 0 Å². The predicted octanol–water partition coefficient (Wildman–Crippen LogP) is 1.66. The van der Waals surface area contributed by atoms with Gasteiger partial charge in [-0.1, -0.05) is 0 Å². The van der Waals surface area contributed by atoms with Crippen LogP contribution in [0.25, 0.3) is 0 Å². The summed E-state index contributed by atoms with van der Waals surface area (Å²) in [4.78, 5) is 8.20. The van der Waals surface area contributed by atoms with Crippen molar-refractivity contribution in [3.8, 4) is 6.07 Å². The Bertz CT molecular complexity index is 368. The van der Waals surface area contributed by atoms with Gasteiger partial charge in [-0.25, -0.2) is 9.97 Å². The zero-order chi connectivity index (χ0) is 10.5. The zero-order valence-electron chi connectivity index (χ0n) is 8.31. The lowest BCUT2D eigenvalue weighted by atomic mass is 10.2. The number of aromatic nitrogens is 2. The molecule has 0 spiro atoms. The molecule has 1 aromatic rings. The minimum Gasteiger partial charge on any atom is -0.351 e. The fourth-order valence-electron chi connectivity index (χ4n) is 1.52. The summed E-state index contributed by atoms with van der Waals surface area (Å²) in [6.45, 7) is 0. The molecule has 1 fully saturated rings. The number of rotatable bonds is 2. The highest BCUT2D eigenvalue weighted by Gasteiger charge is 2.14. The molecule has 0 bridgehead atoms. The Labute approximate surface area is 93.1 Å². The van der Waals surface area contributed by atoms with Crippen molar-refractivity contribution in [3.05, 3.63) is 18.0 Å². The normalized spacial score (nSPS) is 17.0. The summed E-state index contributed by atoms with van der Waals surface area (Å²) in [5.74, 6) is 2.96. The Morgan fingerprint density at radius 2 is 2.27 bits per heavy atom. The maximum atomic E-state index is 8.70. The fourth-order valence-corrected chi connectivity index (χ4v) is 2.62. The van der Waals surface area contributed by atoms with E-state index in [0.29, 0.717) is 17.7 Å². The van der Waals surface area contributed by atoms with Crippen LogP contribution in [0.5, 0.6) is 0 Å². The number of anilines is 1. The Morgan fingerprint density at radius 1 is 1.47 bits per heavy atom. The molecule has 0 unspecified atom stereocenters. The molecular weight excluding hydrogens is 208 g/mol. The minimum atomic E-state index is 0.415. The SMILES string of the molecule is N#Cc1ccnc(NC2CCSCC2)n1. The van der Waals surface area contributed by atoms with Crippen molar-refractivity contribution in [2.45, 2.75) is 18.9 Å². The van der Waals surface area contributed by atoms with E-state index in [0.717, 1.165) is 12.8 Å². The second-order valence-corrected chi connectivity index (χ2v) is 4.63. The molecule has 0 amide bonds. The maximum absolute atomic E-state index is 8.70. The standard InChI is InChI=1S/C10H12N4S/c11-7-9-1-4-12-10(14-9)13-8-2-5-15-6-3-8/h1,4,8H,2-3,5-6H2,(H,12,13,14). The lowest BCUT2D eigenvalue weighted by Crippen LogP contribution is -2.25. The van der Waals surface area contributed by atoms with Crippen LogP contribution in [0.15, 0.2) is 12.3 Å². The third kappa shape index (κ3) is 2.83. The van der Waals surface area contributed by atoms with Gasteiger partial charge >= 0.3 is 0 Å². The van der Waals surface area contributed by atoms with Gasteiger partial charge in [0, 0.05) is 12.2 Å². The van der Waals surface area contributed by atoms with Crippen LogP contribution in [0.4, 0.5) is 5.95 Å². The van der Waals surface area contributed by atoms with Gasteiger partial charge in [0.15, 0.2) is 0 Å². The molecule has 5 heteroatoms. The van der Waals surface area contributed by atoms with Crippen molar-refractivity contribution in [1.82, 2.24) is 9.97 Å². The lowest BCUT2D eigenvalue weighted by Gasteiger charge is -2.22. The maximum Gasteiger partial charge on any atom is 0.224 e. The molecule has 2 heterocycles. The Balaban J connectivity index is 2.00. The van der Waals surface area contributed by atoms with Crippen LogP contribution in [0.3, 0.4) is 0 Å². The van der Waals surface area contributed by atoms with Gasteiger partial charge in [-0.3, -0.25) is 0 Å². The third-order valence-corrected chi connectivity index (χ3v) is 3.37. The number of nitrogens with zero attached hydrogens (tertiary/aromatic N) is 3. The van der Waals surface area contributed by atoms with Gasteiger partial charge in [-0.2, -0.15) is 17.0 Å². The molecule has 78 valence electrons. The number of nitriles is 1. The van der Waals surface area contributed by atoms with Gasteiger partial charge in [0.2, 0.25) is 5.95 Å². The monoisotopic (exact) mass is 220 g/mol. The Hall–Kier alpha value is -1.28. The molecule has 0 aromatic carbocycles. The average molecular weight is 220 g/mol. The third-order valence-electron chi connectivity index (χ3n) is 2.32. The van der Waals surface area contributed by atoms with Crippen LogP contribution in [0.1, 0.15) is 18.5 Å². The van der Waals surface area contributed by atoms with E-state index < -0.39 is 0 Å². The summed E-state index contributed by atoms with van der Waals surface area (Å²) in [7, 11) is 0. The molecule has 0 atom stereocenters. The molecule has 1 aliphatic heterocycles. The van der Waals surface area contributed by atoms with E-state index in [2.05, 4.69) is 15.3 Å². The van der Waals surface area contributed by atoms with Crippen LogP contribution in [-0.4, -0.2) is 27.5 Å². The largest absolute Gasteiger partial charge is 0.351 e. The number of hydrogen-bond acceptors (Lipinski definition) is 5. The van der Waals surface area contributed by atoms with Gasteiger partial charge in [0.1, 0.15) is 11.8 Å². The number of thioether (sulfide) groups is 1. The molecule has 4 nitrogen and oxygen atoms in total. The van der Waals surface area contributed by atoms with Crippen molar-refractivity contribution >= 4 is 17.7 Å². The van der Waals surface area contributed by atoms with E-state index in [9.17, 15) is 0 Å². The molecule has 2 rings (SSSR count). The van der Waals surface area contributed by atoms with Gasteiger partial charge in [0.05, 0.1) is 0 Å². The molecule has 15 heavy (non-hydrogen) atoms. The van der Waals surface area contributed by atoms with Gasteiger partial charge in [-0.05, 0) is 30.4 Å². The second kappa shape index (κ2) is 4.99. The lowest BCUT2D eigenvalue weighted by molar-refractivity contribution is 0.659. The molecule has 1 aliphatic rings. The van der Waals surface area contributed by atoms with Crippen molar-refractivity contribution in [1.29, 1.82) is 5.26 Å². The number of nitrogens with one attached hydrogen (secondary N) is 1. The average Bonchev–Trinajstić information content (AvgIpc) is 2.31. The first kappa shape index (κ1) is 10.2. The first-order chi connectivity index (χ1) is 7.38. The first-order valence-electron chi connectivity index (χ1n) is 4.96. The van der Waals surface area contributed by atoms with E-state index in [4.69, 9.17) is 5.26 Å². The molecule has 0 aliphatic carbocycles. The van der Waals surface area contributed by atoms with Gasteiger partial charge in [0.25, 0.3) is 0 Å². The highest BCUT2D eigenvalue weighted by molar-refractivity contribution is 7.99. The van der Waals surface area contributed by atoms with E-state index >= 15 is 0 Å². The molecular formula is C10H12N4S. The molecule has 1 aromatic heterocycles. The smallest absolute Gasteiger partial charge is 0.224 e. The van der Waals surface area contributed by atoms with Crippen molar-refractivity contribution in [2.24, 2.45) is 0 Å². The van der Waals surface area contributed by atoms with Gasteiger partial charge < -0.3 is 5.32 Å². The molecule has 0 radical (unpaired) electrons. The van der Waals surface area contributed by atoms with Crippen molar-refractivity contribution in [3.63, 3.8) is 0 Å². The molecule has 1 N–H and O–H groups in total. The summed E-state index contributed by atoms with van der Waals surface area (Å²) in [5, 5.41) is 12.0. The summed E-state index contributed by atoms with van der Waals surface area (Å²) < 4.78 is 0. The quantitative estimate of drug-likeness (QED) is 0.821. The molecule has 1 saturated heterocycles. The molecule has 0 saturated carbocycles. The summed E-state index contributed by atoms with van der Waals surface area (Å²) in [6.07, 6.45) is 3.90. The summed E-state index contributed by atoms with van der Waals surface area (Å²) in [5.41, 5.74) is 0.415.